The molecule has 1 aromatic rings. The maximum atomic E-state index is 9.58. The molecule has 1 aliphatic carbocycles. The molecule has 1 heterocycles. The van der Waals surface area contributed by atoms with Gasteiger partial charge in [-0.1, -0.05) is 65.8 Å². The summed E-state index contributed by atoms with van der Waals surface area (Å²) in [6, 6.07) is 7.30. The van der Waals surface area contributed by atoms with Crippen LogP contribution >= 0.6 is 0 Å². The van der Waals surface area contributed by atoms with Crippen LogP contribution in [0.2, 0.25) is 0 Å². The molecule has 0 spiro atoms. The molecule has 0 radical (unpaired) electrons. The Morgan fingerprint density at radius 3 is 1.93 bits per heavy atom. The predicted octanol–water partition coefficient (Wildman–Crippen LogP) is 4.65. The molecule has 2 N–H and O–H groups in total. The van der Waals surface area contributed by atoms with Crippen LogP contribution in [0.1, 0.15) is 59.9 Å². The molecule has 2 unspecified atom stereocenters. The third kappa shape index (κ3) is 4.60. The van der Waals surface area contributed by atoms with Gasteiger partial charge in [-0.3, -0.25) is 0 Å². The van der Waals surface area contributed by atoms with Gasteiger partial charge in [0.25, 0.3) is 0 Å². The molecule has 0 amide bonds. The first-order valence-corrected chi connectivity index (χ1v) is 11.4. The van der Waals surface area contributed by atoms with Crippen LogP contribution in [-0.2, 0) is 5.41 Å². The predicted molar refractivity (Wildman–Crippen MR) is 127 cm³/mol. The Morgan fingerprint density at radius 2 is 1.40 bits per heavy atom. The molecule has 30 heavy (non-hydrogen) atoms. The maximum Gasteiger partial charge on any atom is 0.0719 e. The molecule has 3 rings (SSSR count). The third-order valence-electron chi connectivity index (χ3n) is 6.33. The van der Waals surface area contributed by atoms with Crippen molar-refractivity contribution < 1.29 is 10.2 Å². The lowest BCUT2D eigenvalue weighted by molar-refractivity contribution is 0.284. The van der Waals surface area contributed by atoms with Crippen LogP contribution in [0.15, 0.2) is 42.0 Å². The fourth-order valence-electron chi connectivity index (χ4n) is 4.52. The molecule has 0 aromatic heterocycles. The lowest BCUT2D eigenvalue weighted by Crippen LogP contribution is -2.56. The summed E-state index contributed by atoms with van der Waals surface area (Å²) < 4.78 is 0. The topological polar surface area (TPSA) is 46.9 Å². The van der Waals surface area contributed by atoms with Crippen LogP contribution in [0.3, 0.4) is 0 Å². The van der Waals surface area contributed by atoms with E-state index in [1.54, 1.807) is 0 Å². The van der Waals surface area contributed by atoms with E-state index in [9.17, 15) is 10.2 Å². The minimum atomic E-state index is 0.0728. The van der Waals surface area contributed by atoms with Crippen LogP contribution in [0.5, 0.6) is 0 Å². The van der Waals surface area contributed by atoms with Gasteiger partial charge >= 0.3 is 0 Å². The van der Waals surface area contributed by atoms with Gasteiger partial charge in [-0.05, 0) is 46.9 Å². The Morgan fingerprint density at radius 1 is 0.800 bits per heavy atom. The van der Waals surface area contributed by atoms with E-state index in [-0.39, 0.29) is 36.1 Å². The number of aliphatic hydroxyl groups is 2. The number of allylic oxidation sites excluding steroid dienone is 2. The fraction of sp³-hybridized carbons (Fsp3) is 0.615. The van der Waals surface area contributed by atoms with E-state index in [1.165, 1.54) is 22.5 Å². The van der Waals surface area contributed by atoms with Gasteiger partial charge in [-0.2, -0.15) is 0 Å². The highest BCUT2D eigenvalue weighted by atomic mass is 16.3. The summed E-state index contributed by atoms with van der Waals surface area (Å²) in [4.78, 5) is 4.96. The van der Waals surface area contributed by atoms with E-state index in [1.807, 2.05) is 0 Å². The molecule has 4 heteroatoms. The van der Waals surface area contributed by atoms with Gasteiger partial charge in [0.1, 0.15) is 0 Å². The first kappa shape index (κ1) is 22.9. The lowest BCUT2D eigenvalue weighted by Gasteiger charge is -2.50. The number of hydrogen-bond donors (Lipinski definition) is 2. The summed E-state index contributed by atoms with van der Waals surface area (Å²) >= 11 is 0. The molecule has 0 saturated heterocycles. The Kier molecular flexibility index (Phi) is 6.69. The maximum absolute atomic E-state index is 9.58. The van der Waals surface area contributed by atoms with Gasteiger partial charge in [0, 0.05) is 26.3 Å². The van der Waals surface area contributed by atoms with E-state index < -0.39 is 0 Å². The number of hydrogen-bond acceptors (Lipinski definition) is 4. The SMILES string of the molecule is CC(C)(C)C1=CC2C(C=C1)N(CCCO)c1ccc(C(C)(C)C)cc1N2CCCO. The minimum Gasteiger partial charge on any atom is -0.396 e. The quantitative estimate of drug-likeness (QED) is 0.714. The zero-order valence-electron chi connectivity index (χ0n) is 19.7. The van der Waals surface area contributed by atoms with Crippen molar-refractivity contribution in [3.8, 4) is 0 Å². The number of rotatable bonds is 6. The molecule has 0 bridgehead atoms. The zero-order chi connectivity index (χ0) is 22.1. The van der Waals surface area contributed by atoms with Crippen molar-refractivity contribution in [2.45, 2.75) is 71.9 Å². The average molecular weight is 413 g/mol. The first-order valence-electron chi connectivity index (χ1n) is 11.4. The number of aliphatic hydroxyl groups excluding tert-OH is 2. The van der Waals surface area contributed by atoms with Gasteiger partial charge in [-0.15, -0.1) is 0 Å². The highest BCUT2D eigenvalue weighted by molar-refractivity contribution is 5.78. The smallest absolute Gasteiger partial charge is 0.0719 e. The minimum absolute atomic E-state index is 0.0728. The van der Waals surface area contributed by atoms with E-state index >= 15 is 0 Å². The summed E-state index contributed by atoms with van der Waals surface area (Å²) in [5, 5.41) is 19.1. The number of nitrogens with zero attached hydrogens (tertiary/aromatic N) is 2. The second kappa shape index (κ2) is 8.76. The Balaban J connectivity index is 2.14. The zero-order valence-corrected chi connectivity index (χ0v) is 19.7. The number of fused-ring (bicyclic) bond motifs is 2. The van der Waals surface area contributed by atoms with Gasteiger partial charge in [0.15, 0.2) is 0 Å². The van der Waals surface area contributed by atoms with Crippen LogP contribution < -0.4 is 9.80 Å². The normalized spacial score (nSPS) is 21.4. The Bertz CT molecular complexity index is 798. The molecule has 0 fully saturated rings. The standard InChI is InChI=1S/C26H40N2O2/c1-25(2,3)19-9-11-21-23(17-19)28(14-8-16-30)24-18-20(26(4,5)6)10-12-22(24)27(21)13-7-15-29/h9-12,17-18,21,23,29-30H,7-8,13-16H2,1-6H3. The first-order chi connectivity index (χ1) is 14.1. The van der Waals surface area contributed by atoms with E-state index in [2.05, 4.69) is 87.8 Å². The van der Waals surface area contributed by atoms with Gasteiger partial charge in [0.2, 0.25) is 0 Å². The van der Waals surface area contributed by atoms with E-state index in [0.717, 1.165) is 25.9 Å². The second-order valence-corrected chi connectivity index (χ2v) is 10.7. The molecular formula is C26H40N2O2. The molecular weight excluding hydrogens is 372 g/mol. The van der Waals surface area contributed by atoms with Crippen molar-refractivity contribution >= 4 is 11.4 Å². The summed E-state index contributed by atoms with van der Waals surface area (Å²) in [6.45, 7) is 15.6. The summed E-state index contributed by atoms with van der Waals surface area (Å²) in [5.41, 5.74) is 5.32. The molecule has 166 valence electrons. The van der Waals surface area contributed by atoms with Gasteiger partial charge < -0.3 is 20.0 Å². The van der Waals surface area contributed by atoms with Gasteiger partial charge in [-0.25, -0.2) is 0 Å². The van der Waals surface area contributed by atoms with Crippen molar-refractivity contribution in [2.75, 3.05) is 36.1 Å². The van der Waals surface area contributed by atoms with E-state index in [4.69, 9.17) is 0 Å². The largest absolute Gasteiger partial charge is 0.396 e. The highest BCUT2D eigenvalue weighted by Crippen LogP contribution is 2.44. The average Bonchev–Trinajstić information content (AvgIpc) is 2.68. The van der Waals surface area contributed by atoms with Crippen molar-refractivity contribution in [1.29, 1.82) is 0 Å². The lowest BCUT2D eigenvalue weighted by atomic mass is 9.79. The Hall–Kier alpha value is -1.78. The third-order valence-corrected chi connectivity index (χ3v) is 6.33. The summed E-state index contributed by atoms with van der Waals surface area (Å²) in [7, 11) is 0. The van der Waals surface area contributed by atoms with Crippen LogP contribution in [-0.4, -0.2) is 48.6 Å². The molecule has 2 atom stereocenters. The monoisotopic (exact) mass is 412 g/mol. The Labute approximate surface area is 182 Å². The van der Waals surface area contributed by atoms with Gasteiger partial charge in [0.05, 0.1) is 23.5 Å². The molecule has 4 nitrogen and oxygen atoms in total. The number of anilines is 2. The van der Waals surface area contributed by atoms with Crippen molar-refractivity contribution in [2.24, 2.45) is 5.41 Å². The molecule has 1 aliphatic heterocycles. The molecule has 0 saturated carbocycles. The summed E-state index contributed by atoms with van der Waals surface area (Å²) in [6.07, 6.45) is 8.56. The molecule has 1 aromatic carbocycles. The van der Waals surface area contributed by atoms with Crippen LogP contribution in [0.25, 0.3) is 0 Å². The molecule has 2 aliphatic rings. The van der Waals surface area contributed by atoms with E-state index in [0.29, 0.717) is 0 Å². The van der Waals surface area contributed by atoms with Crippen LogP contribution in [0.4, 0.5) is 11.4 Å². The van der Waals surface area contributed by atoms with Crippen molar-refractivity contribution in [3.63, 3.8) is 0 Å². The van der Waals surface area contributed by atoms with Crippen LogP contribution in [0, 0.1) is 5.41 Å². The van der Waals surface area contributed by atoms with Crippen molar-refractivity contribution in [1.82, 2.24) is 0 Å². The van der Waals surface area contributed by atoms with Crippen molar-refractivity contribution in [3.05, 3.63) is 47.6 Å². The second-order valence-electron chi connectivity index (χ2n) is 10.7. The number of benzene rings is 1. The summed E-state index contributed by atoms with van der Waals surface area (Å²) in [5.74, 6) is 0. The fourth-order valence-corrected chi connectivity index (χ4v) is 4.52. The highest BCUT2D eigenvalue weighted by Gasteiger charge is 2.39.